The van der Waals surface area contributed by atoms with Gasteiger partial charge < -0.3 is 9.47 Å². The summed E-state index contributed by atoms with van der Waals surface area (Å²) < 4.78 is 10.6. The quantitative estimate of drug-likeness (QED) is 0.807. The monoisotopic (exact) mass is 278 g/mol. The van der Waals surface area contributed by atoms with Gasteiger partial charge in [-0.25, -0.2) is 9.97 Å². The first-order valence-corrected chi connectivity index (χ1v) is 6.16. The molecule has 0 aliphatic rings. The first-order chi connectivity index (χ1) is 9.08. The molecule has 0 aliphatic heterocycles. The molecule has 0 N–H and O–H groups in total. The Labute approximate surface area is 117 Å². The number of rotatable bonds is 3. The summed E-state index contributed by atoms with van der Waals surface area (Å²) in [7, 11) is 3.21. The van der Waals surface area contributed by atoms with Gasteiger partial charge in [0.1, 0.15) is 17.8 Å². The highest BCUT2D eigenvalue weighted by atomic mass is 35.5. The molecule has 1 aromatic heterocycles. The number of methoxy groups -OCH3 is 2. The molecule has 0 unspecified atom stereocenters. The second-order valence-electron chi connectivity index (χ2n) is 4.18. The lowest BCUT2D eigenvalue weighted by atomic mass is 10.0. The van der Waals surface area contributed by atoms with Crippen LogP contribution in [0.5, 0.6) is 11.5 Å². The predicted molar refractivity (Wildman–Crippen MR) is 75.1 cm³/mol. The molecule has 1 heterocycles. The molecule has 1 aromatic carbocycles. The van der Waals surface area contributed by atoms with E-state index in [1.54, 1.807) is 14.2 Å². The van der Waals surface area contributed by atoms with Crippen molar-refractivity contribution >= 4 is 11.6 Å². The van der Waals surface area contributed by atoms with Crippen LogP contribution in [-0.2, 0) is 0 Å². The topological polar surface area (TPSA) is 44.2 Å². The zero-order valence-corrected chi connectivity index (χ0v) is 12.1. The fourth-order valence-electron chi connectivity index (χ4n) is 1.99. The molecule has 2 rings (SSSR count). The van der Waals surface area contributed by atoms with E-state index in [2.05, 4.69) is 9.97 Å². The molecular weight excluding hydrogens is 264 g/mol. The fourth-order valence-corrected chi connectivity index (χ4v) is 2.20. The van der Waals surface area contributed by atoms with Crippen molar-refractivity contribution in [1.29, 1.82) is 0 Å². The number of aryl methyl sites for hydroxylation is 2. The van der Waals surface area contributed by atoms with Crippen LogP contribution in [0, 0.1) is 13.8 Å². The van der Waals surface area contributed by atoms with Gasteiger partial charge in [-0.2, -0.15) is 0 Å². The van der Waals surface area contributed by atoms with Crippen molar-refractivity contribution in [3.05, 3.63) is 34.7 Å². The van der Waals surface area contributed by atoms with E-state index in [9.17, 15) is 0 Å². The van der Waals surface area contributed by atoms with E-state index >= 15 is 0 Å². The Morgan fingerprint density at radius 1 is 1.00 bits per heavy atom. The summed E-state index contributed by atoms with van der Waals surface area (Å²) in [6.07, 6.45) is 1.43. The third kappa shape index (κ3) is 2.49. The molecule has 0 saturated carbocycles. The Bertz CT molecular complexity index is 615. The van der Waals surface area contributed by atoms with E-state index in [4.69, 9.17) is 21.1 Å². The van der Waals surface area contributed by atoms with Gasteiger partial charge in [0.15, 0.2) is 10.9 Å². The molecule has 4 nitrogen and oxygen atoms in total. The van der Waals surface area contributed by atoms with Gasteiger partial charge in [-0.1, -0.05) is 11.6 Å². The first-order valence-electron chi connectivity index (χ1n) is 5.78. The van der Waals surface area contributed by atoms with Crippen LogP contribution in [0.2, 0.25) is 5.15 Å². The summed E-state index contributed by atoms with van der Waals surface area (Å²) >= 11 is 6.03. The molecule has 0 bridgehead atoms. The van der Waals surface area contributed by atoms with Crippen molar-refractivity contribution in [1.82, 2.24) is 9.97 Å². The molecule has 0 atom stereocenters. The Morgan fingerprint density at radius 3 is 2.37 bits per heavy atom. The van der Waals surface area contributed by atoms with E-state index in [0.717, 1.165) is 22.4 Å². The number of hydrogen-bond donors (Lipinski definition) is 0. The Morgan fingerprint density at radius 2 is 1.74 bits per heavy atom. The third-order valence-corrected chi connectivity index (χ3v) is 3.23. The summed E-state index contributed by atoms with van der Waals surface area (Å²) in [5.74, 6) is 1.33. The van der Waals surface area contributed by atoms with Crippen molar-refractivity contribution in [2.24, 2.45) is 0 Å². The lowest BCUT2D eigenvalue weighted by Crippen LogP contribution is -1.97. The number of aromatic nitrogens is 2. The summed E-state index contributed by atoms with van der Waals surface area (Å²) in [5, 5.41) is 0.306. The molecule has 2 aromatic rings. The minimum atomic E-state index is 0.306. The average molecular weight is 279 g/mol. The maximum Gasteiger partial charge on any atom is 0.182 e. The zero-order chi connectivity index (χ0) is 14.0. The molecule has 5 heteroatoms. The van der Waals surface area contributed by atoms with Crippen LogP contribution in [-0.4, -0.2) is 24.2 Å². The number of nitrogens with zero attached hydrogens (tertiary/aromatic N) is 2. The molecule has 0 aliphatic carbocycles. The number of halogens is 1. The molecule has 100 valence electrons. The SMILES string of the molecule is COc1cc(C)c(-c2ncnc(Cl)c2OC)cc1C. The largest absolute Gasteiger partial charge is 0.496 e. The van der Waals surface area contributed by atoms with E-state index < -0.39 is 0 Å². The second kappa shape index (κ2) is 5.45. The summed E-state index contributed by atoms with van der Waals surface area (Å²) in [6, 6.07) is 3.98. The lowest BCUT2D eigenvalue weighted by molar-refractivity contribution is 0.410. The molecule has 0 radical (unpaired) electrons. The van der Waals surface area contributed by atoms with Gasteiger partial charge in [0.05, 0.1) is 14.2 Å². The van der Waals surface area contributed by atoms with Gasteiger partial charge in [0.2, 0.25) is 0 Å². The lowest BCUT2D eigenvalue weighted by Gasteiger charge is -2.13. The maximum absolute atomic E-state index is 6.03. The van der Waals surface area contributed by atoms with Gasteiger partial charge in [-0.05, 0) is 37.1 Å². The molecule has 0 spiro atoms. The second-order valence-corrected chi connectivity index (χ2v) is 4.54. The molecule has 0 fully saturated rings. The maximum atomic E-state index is 6.03. The molecular formula is C14H15ClN2O2. The first kappa shape index (κ1) is 13.6. The number of ether oxygens (including phenoxy) is 2. The highest BCUT2D eigenvalue weighted by Gasteiger charge is 2.15. The minimum absolute atomic E-state index is 0.306. The summed E-state index contributed by atoms with van der Waals surface area (Å²) in [4.78, 5) is 8.20. The van der Waals surface area contributed by atoms with Crippen LogP contribution in [0.25, 0.3) is 11.3 Å². The normalized spacial score (nSPS) is 10.4. The zero-order valence-electron chi connectivity index (χ0n) is 11.3. The standard InChI is InChI=1S/C14H15ClN2O2/c1-8-6-11(18-3)9(2)5-10(8)12-13(19-4)14(15)17-7-16-12/h5-7H,1-4H3. The van der Waals surface area contributed by atoms with Crippen LogP contribution >= 0.6 is 11.6 Å². The molecule has 19 heavy (non-hydrogen) atoms. The van der Waals surface area contributed by atoms with E-state index in [0.29, 0.717) is 16.6 Å². The van der Waals surface area contributed by atoms with Crippen molar-refractivity contribution in [3.63, 3.8) is 0 Å². The average Bonchev–Trinajstić information content (AvgIpc) is 2.40. The Balaban J connectivity index is 2.66. The van der Waals surface area contributed by atoms with Gasteiger partial charge in [-0.15, -0.1) is 0 Å². The Hall–Kier alpha value is -1.81. The smallest absolute Gasteiger partial charge is 0.182 e. The van der Waals surface area contributed by atoms with Crippen LogP contribution in [0.4, 0.5) is 0 Å². The highest BCUT2D eigenvalue weighted by Crippen LogP contribution is 2.36. The Kier molecular flexibility index (Phi) is 3.90. The predicted octanol–water partition coefficient (Wildman–Crippen LogP) is 3.43. The van der Waals surface area contributed by atoms with Crippen molar-refractivity contribution in [2.75, 3.05) is 14.2 Å². The van der Waals surface area contributed by atoms with Crippen LogP contribution in [0.3, 0.4) is 0 Å². The van der Waals surface area contributed by atoms with Crippen LogP contribution < -0.4 is 9.47 Å². The van der Waals surface area contributed by atoms with Crippen molar-refractivity contribution in [2.45, 2.75) is 13.8 Å². The van der Waals surface area contributed by atoms with E-state index in [-0.39, 0.29) is 0 Å². The molecule has 0 amide bonds. The summed E-state index contributed by atoms with van der Waals surface area (Å²) in [5.41, 5.74) is 3.71. The minimum Gasteiger partial charge on any atom is -0.496 e. The van der Waals surface area contributed by atoms with Crippen LogP contribution in [0.1, 0.15) is 11.1 Å². The van der Waals surface area contributed by atoms with Crippen molar-refractivity contribution in [3.8, 4) is 22.8 Å². The van der Waals surface area contributed by atoms with E-state index in [1.807, 2.05) is 26.0 Å². The van der Waals surface area contributed by atoms with Gasteiger partial charge in [0.25, 0.3) is 0 Å². The summed E-state index contributed by atoms with van der Waals surface area (Å²) in [6.45, 7) is 3.98. The van der Waals surface area contributed by atoms with Crippen LogP contribution in [0.15, 0.2) is 18.5 Å². The number of benzene rings is 1. The van der Waals surface area contributed by atoms with Crippen molar-refractivity contribution < 1.29 is 9.47 Å². The van der Waals surface area contributed by atoms with Gasteiger partial charge in [0, 0.05) is 5.56 Å². The number of hydrogen-bond acceptors (Lipinski definition) is 4. The highest BCUT2D eigenvalue weighted by molar-refractivity contribution is 6.31. The van der Waals surface area contributed by atoms with Gasteiger partial charge in [-0.3, -0.25) is 0 Å². The van der Waals surface area contributed by atoms with E-state index in [1.165, 1.54) is 6.33 Å². The molecule has 0 saturated heterocycles. The fraction of sp³-hybridized carbons (Fsp3) is 0.286. The van der Waals surface area contributed by atoms with Gasteiger partial charge >= 0.3 is 0 Å². The third-order valence-electron chi connectivity index (χ3n) is 2.96.